The molecule has 2 rings (SSSR count). The Bertz CT molecular complexity index is 665. The summed E-state index contributed by atoms with van der Waals surface area (Å²) in [6.45, 7) is -2.09. The van der Waals surface area contributed by atoms with Gasteiger partial charge in [-0.25, -0.2) is 0 Å². The highest BCUT2D eigenvalue weighted by Crippen LogP contribution is 2.22. The second kappa shape index (κ2) is 4.80. The summed E-state index contributed by atoms with van der Waals surface area (Å²) in [6.07, 6.45) is 1.70. The van der Waals surface area contributed by atoms with Crippen molar-refractivity contribution in [1.82, 2.24) is 9.47 Å². The first kappa shape index (κ1) is 7.07. The molecule has 0 radical (unpaired) electrons. The zero-order valence-electron chi connectivity index (χ0n) is 15.3. The van der Waals surface area contributed by atoms with Crippen molar-refractivity contribution in [2.24, 2.45) is 0 Å². The summed E-state index contributed by atoms with van der Waals surface area (Å²) < 4.78 is 45.9. The summed E-state index contributed by atoms with van der Waals surface area (Å²) in [5.41, 5.74) is 0.762. The van der Waals surface area contributed by atoms with Gasteiger partial charge in [0.1, 0.15) is 5.75 Å². The lowest BCUT2D eigenvalue weighted by Gasteiger charge is -2.20. The van der Waals surface area contributed by atoms with Crippen LogP contribution in [0, 0.1) is 0 Å². The topological polar surface area (TPSA) is 17.4 Å². The molecule has 1 aromatic carbocycles. The second-order valence-corrected chi connectivity index (χ2v) is 3.98. The van der Waals surface area contributed by atoms with E-state index in [9.17, 15) is 0 Å². The van der Waals surface area contributed by atoms with E-state index in [4.69, 9.17) is 11.6 Å². The minimum Gasteiger partial charge on any atom is -0.497 e. The zero-order chi connectivity index (χ0) is 16.7. The Kier molecular flexibility index (Phi) is 1.99. The molecule has 2 atom stereocenters. The van der Waals surface area contributed by atoms with Crippen LogP contribution in [0.2, 0.25) is 0 Å². The van der Waals surface area contributed by atoms with Crippen molar-refractivity contribution in [3.63, 3.8) is 0 Å². The van der Waals surface area contributed by atoms with Crippen molar-refractivity contribution in [3.05, 3.63) is 30.5 Å². The summed E-state index contributed by atoms with van der Waals surface area (Å²) in [6, 6.07) is 5.64. The van der Waals surface area contributed by atoms with Crippen molar-refractivity contribution in [2.75, 3.05) is 21.1 Å². The number of likely N-dealkylation sites (N-methyl/N-ethyl adjacent to an activating group) is 1. The third-order valence-electron chi connectivity index (χ3n) is 2.78. The molecule has 0 bridgehead atoms. The van der Waals surface area contributed by atoms with E-state index in [-0.39, 0.29) is 0 Å². The molecule has 0 saturated heterocycles. The highest BCUT2D eigenvalue weighted by atomic mass is 16.5. The number of fused-ring (bicyclic) bond motifs is 1. The van der Waals surface area contributed by atoms with Crippen LogP contribution in [-0.2, 0) is 6.52 Å². The molecule has 0 aliphatic heterocycles. The SMILES string of the molecule is [2H]C(n1ccc2cc(OC)ccc21)[C@@]([2H])(C)N(C)C([2H])([2H])[2H]. The van der Waals surface area contributed by atoms with Crippen LogP contribution < -0.4 is 4.74 Å². The zero-order valence-corrected chi connectivity index (χ0v) is 10.3. The van der Waals surface area contributed by atoms with Crippen LogP contribution in [0.4, 0.5) is 0 Å². The van der Waals surface area contributed by atoms with Crippen LogP contribution in [-0.4, -0.2) is 36.6 Å². The molecule has 2 aromatic rings. The molecule has 0 aliphatic rings. The Hall–Kier alpha value is -1.48. The maximum atomic E-state index is 8.38. The number of benzene rings is 1. The van der Waals surface area contributed by atoms with E-state index in [0.717, 1.165) is 15.8 Å². The minimum absolute atomic E-state index is 0.708. The predicted molar refractivity (Wildman–Crippen MR) is 71.6 cm³/mol. The van der Waals surface area contributed by atoms with Gasteiger partial charge >= 0.3 is 0 Å². The fourth-order valence-electron chi connectivity index (χ4n) is 1.67. The van der Waals surface area contributed by atoms with Gasteiger partial charge in [0.25, 0.3) is 0 Å². The van der Waals surface area contributed by atoms with Gasteiger partial charge in [-0.05, 0) is 45.2 Å². The van der Waals surface area contributed by atoms with Gasteiger partial charge in [0.15, 0.2) is 0 Å². The number of nitrogens with zero attached hydrogens (tertiary/aromatic N) is 2. The van der Waals surface area contributed by atoms with Crippen molar-refractivity contribution < 1.29 is 11.6 Å². The standard InChI is InChI=1S/C14H20N2O/c1-11(15(2)3)10-16-8-7-12-9-13(17-4)5-6-14(12)16/h5-9,11H,10H2,1-4H3/t11-/m1/s1/i2D3,10D,11D/t10?,11-. The maximum Gasteiger partial charge on any atom is 0.119 e. The minimum atomic E-state index is -2.43. The Balaban J connectivity index is 2.43. The van der Waals surface area contributed by atoms with Crippen LogP contribution in [0.5, 0.6) is 5.75 Å². The molecule has 0 saturated carbocycles. The van der Waals surface area contributed by atoms with Gasteiger partial charge in [-0.1, -0.05) is 0 Å². The van der Waals surface area contributed by atoms with E-state index >= 15 is 0 Å². The van der Waals surface area contributed by atoms with E-state index in [0.29, 0.717) is 5.75 Å². The largest absolute Gasteiger partial charge is 0.497 e. The highest BCUT2D eigenvalue weighted by molar-refractivity contribution is 5.81. The molecule has 1 heterocycles. The Morgan fingerprint density at radius 2 is 2.41 bits per heavy atom. The van der Waals surface area contributed by atoms with Crippen molar-refractivity contribution >= 4 is 10.9 Å². The van der Waals surface area contributed by atoms with Gasteiger partial charge in [-0.3, -0.25) is 0 Å². The number of hydrogen-bond donors (Lipinski definition) is 0. The molecule has 1 aromatic heterocycles. The lowest BCUT2D eigenvalue weighted by atomic mass is 10.2. The van der Waals surface area contributed by atoms with Crippen LogP contribution in [0.3, 0.4) is 0 Å². The highest BCUT2D eigenvalue weighted by Gasteiger charge is 2.08. The molecular weight excluding hydrogens is 212 g/mol. The lowest BCUT2D eigenvalue weighted by molar-refractivity contribution is 0.286. The predicted octanol–water partition coefficient (Wildman–Crippen LogP) is 2.60. The van der Waals surface area contributed by atoms with Crippen molar-refractivity contribution in [2.45, 2.75) is 19.5 Å². The monoisotopic (exact) mass is 237 g/mol. The van der Waals surface area contributed by atoms with Gasteiger partial charge in [-0.15, -0.1) is 0 Å². The summed E-state index contributed by atoms with van der Waals surface area (Å²) >= 11 is 0. The second-order valence-electron chi connectivity index (χ2n) is 3.98. The molecule has 0 fully saturated rings. The first-order chi connectivity index (χ1) is 10.1. The van der Waals surface area contributed by atoms with Gasteiger partial charge in [-0.2, -0.15) is 0 Å². The van der Waals surface area contributed by atoms with Crippen molar-refractivity contribution in [3.8, 4) is 5.75 Å². The molecular formula is C14H20N2O. The Morgan fingerprint density at radius 1 is 1.59 bits per heavy atom. The molecule has 3 nitrogen and oxygen atoms in total. The first-order valence-electron chi connectivity index (χ1n) is 7.97. The summed E-state index contributed by atoms with van der Waals surface area (Å²) in [5, 5.41) is 0.879. The molecule has 0 spiro atoms. The number of rotatable bonds is 4. The van der Waals surface area contributed by atoms with E-state index in [1.165, 1.54) is 14.0 Å². The lowest BCUT2D eigenvalue weighted by Crippen LogP contribution is -2.28. The number of methoxy groups -OCH3 is 1. The molecule has 3 heteroatoms. The quantitative estimate of drug-likeness (QED) is 0.813. The third kappa shape index (κ3) is 2.44. The van der Waals surface area contributed by atoms with E-state index in [1.807, 2.05) is 12.1 Å². The van der Waals surface area contributed by atoms with Crippen LogP contribution >= 0.6 is 0 Å². The molecule has 0 N–H and O–H groups in total. The maximum absolute atomic E-state index is 8.38. The molecule has 17 heavy (non-hydrogen) atoms. The fourth-order valence-corrected chi connectivity index (χ4v) is 1.67. The van der Waals surface area contributed by atoms with Crippen molar-refractivity contribution in [1.29, 1.82) is 0 Å². The Morgan fingerprint density at radius 3 is 3.12 bits per heavy atom. The average Bonchev–Trinajstić information content (AvgIpc) is 2.87. The van der Waals surface area contributed by atoms with Gasteiger partial charge < -0.3 is 14.2 Å². The Labute approximate surface area is 110 Å². The first-order valence-corrected chi connectivity index (χ1v) is 5.40. The normalized spacial score (nSPS) is 22.0. The van der Waals surface area contributed by atoms with Crippen LogP contribution in [0.1, 0.15) is 13.8 Å². The van der Waals surface area contributed by atoms with Crippen LogP contribution in [0.25, 0.3) is 10.9 Å². The van der Waals surface area contributed by atoms with Gasteiger partial charge in [0.05, 0.1) is 8.48 Å². The van der Waals surface area contributed by atoms with Crippen LogP contribution in [0.15, 0.2) is 30.5 Å². The van der Waals surface area contributed by atoms with Gasteiger partial charge in [0.2, 0.25) is 0 Å². The smallest absolute Gasteiger partial charge is 0.119 e. The summed E-state index contributed by atoms with van der Waals surface area (Å²) in [4.78, 5) is 0.938. The van der Waals surface area contributed by atoms with E-state index in [2.05, 4.69) is 0 Å². The summed E-state index contributed by atoms with van der Waals surface area (Å²) in [7, 11) is 2.92. The number of hydrogen-bond acceptors (Lipinski definition) is 2. The molecule has 0 aliphatic carbocycles. The average molecular weight is 237 g/mol. The number of aromatic nitrogens is 1. The summed E-state index contributed by atoms with van der Waals surface area (Å²) in [5.74, 6) is 0.708. The number of ether oxygens (including phenoxy) is 1. The van der Waals surface area contributed by atoms with E-state index < -0.39 is 19.5 Å². The molecule has 0 amide bonds. The third-order valence-corrected chi connectivity index (χ3v) is 2.78. The fraction of sp³-hybridized carbons (Fsp3) is 0.429. The van der Waals surface area contributed by atoms with E-state index in [1.54, 1.807) is 30.0 Å². The molecule has 1 unspecified atom stereocenters. The molecule has 92 valence electrons. The van der Waals surface area contributed by atoms with Gasteiger partial charge in [0, 0.05) is 35.1 Å².